The van der Waals surface area contributed by atoms with Gasteiger partial charge in [-0.3, -0.25) is 0 Å². The molecule has 0 amide bonds. The van der Waals surface area contributed by atoms with Crippen LogP contribution in [0.5, 0.6) is 5.88 Å². The van der Waals surface area contributed by atoms with Gasteiger partial charge in [-0.25, -0.2) is 5.26 Å². The third-order valence-corrected chi connectivity index (χ3v) is 0.520. The highest BCUT2D eigenvalue weighted by Crippen LogP contribution is 1.96. The molecule has 0 aliphatic heterocycles. The smallest absolute Gasteiger partial charge is 0.274 e. The fourth-order valence-electron chi connectivity index (χ4n) is 0.260. The molecule has 0 spiro atoms. The zero-order chi connectivity index (χ0) is 5.11. The number of rotatable bonds is 1. The summed E-state index contributed by atoms with van der Waals surface area (Å²) in [5, 5.41) is 7.82. The van der Waals surface area contributed by atoms with E-state index in [-0.39, 0.29) is 5.88 Å². The third kappa shape index (κ3) is 0.690. The molecule has 1 heterocycles. The van der Waals surface area contributed by atoms with Crippen LogP contribution in [0, 0.1) is 6.33 Å². The highest BCUT2D eigenvalue weighted by molar-refractivity contribution is 4.98. The molecule has 0 saturated heterocycles. The molecular weight excluding hydrogens is 96.0 g/mol. The van der Waals surface area contributed by atoms with Crippen LogP contribution in [-0.2, 0) is 0 Å². The van der Waals surface area contributed by atoms with Crippen molar-refractivity contribution in [2.45, 2.75) is 0 Å². The van der Waals surface area contributed by atoms with Crippen molar-refractivity contribution < 1.29 is 10.1 Å². The van der Waals surface area contributed by atoms with Crippen LogP contribution in [0.4, 0.5) is 0 Å². The normalized spacial score (nSPS) is 8.71. The molecular formula is C3H3N2O2. The van der Waals surface area contributed by atoms with E-state index in [9.17, 15) is 0 Å². The van der Waals surface area contributed by atoms with Gasteiger partial charge in [0.25, 0.3) is 5.88 Å². The second-order valence-electron chi connectivity index (χ2n) is 0.942. The van der Waals surface area contributed by atoms with Crippen LogP contribution >= 0.6 is 0 Å². The van der Waals surface area contributed by atoms with Crippen LogP contribution in [0.3, 0.4) is 0 Å². The van der Waals surface area contributed by atoms with Gasteiger partial charge in [-0.15, -0.1) is 0 Å². The van der Waals surface area contributed by atoms with Gasteiger partial charge in [0, 0.05) is 0 Å². The fourth-order valence-corrected chi connectivity index (χ4v) is 0.260. The van der Waals surface area contributed by atoms with Crippen LogP contribution in [0.1, 0.15) is 0 Å². The highest BCUT2D eigenvalue weighted by atomic mass is 17.1. The fraction of sp³-hybridized carbons (Fsp3) is 0. The molecule has 1 radical (unpaired) electrons. The highest BCUT2D eigenvalue weighted by Gasteiger charge is 1.87. The minimum absolute atomic E-state index is 0.125. The van der Waals surface area contributed by atoms with E-state index in [0.717, 1.165) is 0 Å². The maximum atomic E-state index is 7.82. The van der Waals surface area contributed by atoms with Gasteiger partial charge in [0.2, 0.25) is 0 Å². The minimum atomic E-state index is 0.125. The average Bonchev–Trinajstić information content (AvgIpc) is 2.14. The molecule has 0 fully saturated rings. The zero-order valence-electron chi connectivity index (χ0n) is 3.38. The minimum Gasteiger partial charge on any atom is -0.338 e. The number of H-pyrrole nitrogens is 1. The second-order valence-corrected chi connectivity index (χ2v) is 0.942. The molecule has 1 aromatic heterocycles. The van der Waals surface area contributed by atoms with Gasteiger partial charge < -0.3 is 9.87 Å². The first-order chi connectivity index (χ1) is 3.43. The lowest BCUT2D eigenvalue weighted by atomic mass is 10.9. The van der Waals surface area contributed by atoms with Gasteiger partial charge in [-0.05, 0) is 0 Å². The Morgan fingerprint density at radius 3 is 3.14 bits per heavy atom. The van der Waals surface area contributed by atoms with Crippen molar-refractivity contribution in [3.8, 4) is 5.88 Å². The summed E-state index contributed by atoms with van der Waals surface area (Å²) in [6.45, 7) is 0. The summed E-state index contributed by atoms with van der Waals surface area (Å²) < 4.78 is 0. The molecule has 2 N–H and O–H groups in total. The van der Waals surface area contributed by atoms with E-state index in [1.807, 2.05) is 0 Å². The molecule has 37 valence electrons. The molecule has 1 rings (SSSR count). The van der Waals surface area contributed by atoms with Crippen LogP contribution in [0.2, 0.25) is 0 Å². The standard InChI is InChI=1S/C3H3N2O2/c6-7-3-1-4-2-5-3/h1,6H,(H,4,5). The molecule has 0 aliphatic rings. The molecule has 0 aromatic carbocycles. The number of hydrogen-bond donors (Lipinski definition) is 2. The summed E-state index contributed by atoms with van der Waals surface area (Å²) in [7, 11) is 0. The number of hydrogen-bond acceptors (Lipinski definition) is 3. The Morgan fingerprint density at radius 1 is 2.00 bits per heavy atom. The lowest BCUT2D eigenvalue weighted by Crippen LogP contribution is -1.80. The van der Waals surface area contributed by atoms with E-state index in [4.69, 9.17) is 5.26 Å². The Morgan fingerprint density at radius 2 is 2.86 bits per heavy atom. The number of imidazole rings is 1. The largest absolute Gasteiger partial charge is 0.338 e. The lowest BCUT2D eigenvalue weighted by Gasteiger charge is -1.80. The second kappa shape index (κ2) is 1.61. The van der Waals surface area contributed by atoms with E-state index in [0.29, 0.717) is 0 Å². The predicted molar refractivity (Wildman–Crippen MR) is 20.7 cm³/mol. The molecule has 0 saturated carbocycles. The molecule has 1 aromatic rings. The van der Waals surface area contributed by atoms with Crippen LogP contribution in [-0.4, -0.2) is 15.2 Å². The third-order valence-electron chi connectivity index (χ3n) is 0.520. The average molecular weight is 99.1 g/mol. The Labute approximate surface area is 39.7 Å². The van der Waals surface area contributed by atoms with Crippen molar-refractivity contribution in [3.05, 3.63) is 12.5 Å². The summed E-state index contributed by atoms with van der Waals surface area (Å²) >= 11 is 0. The number of nitrogens with one attached hydrogen (secondary N) is 1. The monoisotopic (exact) mass is 99.0 g/mol. The van der Waals surface area contributed by atoms with Gasteiger partial charge in [0.15, 0.2) is 6.33 Å². The Balaban J connectivity index is 2.76. The SMILES string of the molecule is OOc1c[nH][c]n1. The molecule has 4 heteroatoms. The molecule has 0 bridgehead atoms. The van der Waals surface area contributed by atoms with E-state index >= 15 is 0 Å². The molecule has 0 unspecified atom stereocenters. The van der Waals surface area contributed by atoms with Gasteiger partial charge in [-0.2, -0.15) is 4.98 Å². The van der Waals surface area contributed by atoms with Gasteiger partial charge in [0.1, 0.15) is 0 Å². The van der Waals surface area contributed by atoms with E-state index < -0.39 is 0 Å². The van der Waals surface area contributed by atoms with Crippen LogP contribution in [0.25, 0.3) is 0 Å². The lowest BCUT2D eigenvalue weighted by molar-refractivity contribution is -0.141. The molecule has 0 atom stereocenters. The first-order valence-corrected chi connectivity index (χ1v) is 1.66. The summed E-state index contributed by atoms with van der Waals surface area (Å²) in [4.78, 5) is 9.52. The summed E-state index contributed by atoms with van der Waals surface area (Å²) in [6.07, 6.45) is 3.70. The summed E-state index contributed by atoms with van der Waals surface area (Å²) in [5.74, 6) is 0.125. The van der Waals surface area contributed by atoms with Gasteiger partial charge in [-0.1, -0.05) is 0 Å². The summed E-state index contributed by atoms with van der Waals surface area (Å²) in [6, 6.07) is 0. The Bertz CT molecular complexity index is 125. The van der Waals surface area contributed by atoms with E-state index in [1.165, 1.54) is 6.20 Å². The molecule has 4 nitrogen and oxygen atoms in total. The quantitative estimate of drug-likeness (QED) is 0.386. The van der Waals surface area contributed by atoms with Crippen molar-refractivity contribution in [3.63, 3.8) is 0 Å². The van der Waals surface area contributed by atoms with Crippen molar-refractivity contribution in [1.82, 2.24) is 9.97 Å². The first-order valence-electron chi connectivity index (χ1n) is 1.66. The topological polar surface area (TPSA) is 58.1 Å². The number of nitrogens with zero attached hydrogens (tertiary/aromatic N) is 1. The van der Waals surface area contributed by atoms with Crippen molar-refractivity contribution in [2.75, 3.05) is 0 Å². The van der Waals surface area contributed by atoms with Crippen molar-refractivity contribution in [2.24, 2.45) is 0 Å². The van der Waals surface area contributed by atoms with E-state index in [1.54, 1.807) is 0 Å². The van der Waals surface area contributed by atoms with Crippen molar-refractivity contribution in [1.29, 1.82) is 0 Å². The zero-order valence-corrected chi connectivity index (χ0v) is 3.38. The maximum absolute atomic E-state index is 7.82. The van der Waals surface area contributed by atoms with Crippen LogP contribution < -0.4 is 4.89 Å². The Hall–Kier alpha value is -1.03. The van der Waals surface area contributed by atoms with Gasteiger partial charge in [0.05, 0.1) is 6.20 Å². The van der Waals surface area contributed by atoms with Gasteiger partial charge >= 0.3 is 0 Å². The number of aromatic amines is 1. The Kier molecular flexibility index (Phi) is 0.953. The predicted octanol–water partition coefficient (Wildman–Crippen LogP) is 0.0617. The molecule has 7 heavy (non-hydrogen) atoms. The maximum Gasteiger partial charge on any atom is 0.274 e. The van der Waals surface area contributed by atoms with E-state index in [2.05, 4.69) is 21.2 Å². The van der Waals surface area contributed by atoms with Crippen LogP contribution in [0.15, 0.2) is 6.20 Å². The molecule has 0 aliphatic carbocycles. The summed E-state index contributed by atoms with van der Waals surface area (Å²) in [5.41, 5.74) is 0. The first kappa shape index (κ1) is 4.14. The number of aromatic nitrogens is 2. The van der Waals surface area contributed by atoms with Crippen molar-refractivity contribution >= 4 is 0 Å².